The highest BCUT2D eigenvalue weighted by Gasteiger charge is 2.20. The minimum absolute atomic E-state index is 0.110. The van der Waals surface area contributed by atoms with Gasteiger partial charge in [-0.2, -0.15) is 0 Å². The molecule has 1 atom stereocenters. The van der Waals surface area contributed by atoms with E-state index in [0.717, 1.165) is 33.0 Å². The fourth-order valence-corrected chi connectivity index (χ4v) is 5.41. The van der Waals surface area contributed by atoms with Crippen LogP contribution in [0.4, 0.5) is 9.52 Å². The number of hydrogen-bond donors (Lipinski definition) is 1. The maximum Gasteiger partial charge on any atom is 0.231 e. The maximum absolute atomic E-state index is 13.3. The number of nitrogens with zero attached hydrogens (tertiary/aromatic N) is 3. The van der Waals surface area contributed by atoms with Crippen molar-refractivity contribution in [3.8, 4) is 0 Å². The van der Waals surface area contributed by atoms with Crippen LogP contribution in [0.2, 0.25) is 0 Å². The van der Waals surface area contributed by atoms with Crippen molar-refractivity contribution in [2.24, 2.45) is 0 Å². The zero-order valence-electron chi connectivity index (χ0n) is 15.4. The molecule has 6 nitrogen and oxygen atoms in total. The number of thioether (sulfide) groups is 1. The van der Waals surface area contributed by atoms with Gasteiger partial charge in [-0.05, 0) is 29.1 Å². The lowest BCUT2D eigenvalue weighted by molar-refractivity contribution is -0.119. The summed E-state index contributed by atoms with van der Waals surface area (Å²) in [6.07, 6.45) is 0. The summed E-state index contributed by atoms with van der Waals surface area (Å²) in [5.74, 6) is -0.172. The normalized spacial score (nSPS) is 15.3. The molecule has 0 saturated carbocycles. The van der Waals surface area contributed by atoms with Gasteiger partial charge in [0.15, 0.2) is 4.34 Å². The molecule has 3 heterocycles. The average molecular weight is 451 g/mol. The molecule has 0 spiro atoms. The molecule has 1 N–H and O–H groups in total. The lowest BCUT2D eigenvalue weighted by Gasteiger charge is -2.25. The fourth-order valence-electron chi connectivity index (χ4n) is 2.90. The number of carbonyl (C=O) groups is 1. The van der Waals surface area contributed by atoms with E-state index in [9.17, 15) is 9.18 Å². The minimum Gasteiger partial charge on any atom is -0.378 e. The van der Waals surface area contributed by atoms with Crippen molar-refractivity contribution >= 4 is 45.5 Å². The van der Waals surface area contributed by atoms with Crippen LogP contribution in [-0.4, -0.2) is 48.2 Å². The van der Waals surface area contributed by atoms with Gasteiger partial charge in [-0.3, -0.25) is 4.79 Å². The average Bonchev–Trinajstić information content (AvgIpc) is 3.44. The van der Waals surface area contributed by atoms with Crippen LogP contribution in [0, 0.1) is 5.82 Å². The highest BCUT2D eigenvalue weighted by molar-refractivity contribution is 8.01. The highest BCUT2D eigenvalue weighted by atomic mass is 32.2. The van der Waals surface area contributed by atoms with E-state index in [-0.39, 0.29) is 23.5 Å². The predicted octanol–water partition coefficient (Wildman–Crippen LogP) is 3.57. The quantitative estimate of drug-likeness (QED) is 0.555. The molecule has 1 aromatic carbocycles. The third-order valence-electron chi connectivity index (χ3n) is 4.34. The number of thiophene rings is 1. The van der Waals surface area contributed by atoms with Gasteiger partial charge >= 0.3 is 0 Å². The second-order valence-electron chi connectivity index (χ2n) is 6.31. The molecule has 29 heavy (non-hydrogen) atoms. The first-order valence-electron chi connectivity index (χ1n) is 9.06. The molecule has 1 aliphatic heterocycles. The molecule has 152 valence electrons. The van der Waals surface area contributed by atoms with Crippen molar-refractivity contribution in [3.63, 3.8) is 0 Å². The van der Waals surface area contributed by atoms with Crippen molar-refractivity contribution in [1.29, 1.82) is 0 Å². The maximum atomic E-state index is 13.3. The largest absolute Gasteiger partial charge is 0.378 e. The summed E-state index contributed by atoms with van der Waals surface area (Å²) < 4.78 is 19.4. The Labute approximate surface area is 180 Å². The van der Waals surface area contributed by atoms with Gasteiger partial charge in [0, 0.05) is 18.0 Å². The smallest absolute Gasteiger partial charge is 0.231 e. The molecule has 0 radical (unpaired) electrons. The number of anilines is 1. The lowest BCUT2D eigenvalue weighted by atomic mass is 10.1. The number of ether oxygens (including phenoxy) is 1. The zero-order chi connectivity index (χ0) is 20.1. The fraction of sp³-hybridized carbons (Fsp3) is 0.316. The summed E-state index contributed by atoms with van der Waals surface area (Å²) in [5, 5.41) is 14.3. The zero-order valence-corrected chi connectivity index (χ0v) is 17.9. The number of nitrogens with one attached hydrogen (secondary N) is 1. The van der Waals surface area contributed by atoms with E-state index in [1.807, 2.05) is 17.5 Å². The van der Waals surface area contributed by atoms with E-state index in [1.165, 1.54) is 35.2 Å². The van der Waals surface area contributed by atoms with Gasteiger partial charge in [0.25, 0.3) is 0 Å². The van der Waals surface area contributed by atoms with Crippen molar-refractivity contribution in [3.05, 3.63) is 58.0 Å². The molecular weight excluding hydrogens is 431 g/mol. The van der Waals surface area contributed by atoms with E-state index in [0.29, 0.717) is 13.2 Å². The molecular formula is C19H19FN4O2S3. The van der Waals surface area contributed by atoms with Crippen LogP contribution in [-0.2, 0) is 9.53 Å². The SMILES string of the molecule is O=C(CSc1nnc(N2CCOCC2)s1)NC(c1ccc(F)cc1)c1cccs1. The van der Waals surface area contributed by atoms with E-state index in [1.54, 1.807) is 23.5 Å². The molecule has 10 heteroatoms. The number of hydrogen-bond acceptors (Lipinski definition) is 8. The Balaban J connectivity index is 1.37. The first-order chi connectivity index (χ1) is 14.2. The van der Waals surface area contributed by atoms with Gasteiger partial charge in [-0.25, -0.2) is 4.39 Å². The van der Waals surface area contributed by atoms with E-state index in [2.05, 4.69) is 20.4 Å². The first kappa shape index (κ1) is 20.3. The van der Waals surface area contributed by atoms with Gasteiger partial charge in [0.2, 0.25) is 11.0 Å². The van der Waals surface area contributed by atoms with Crippen LogP contribution in [0.1, 0.15) is 16.5 Å². The summed E-state index contributed by atoms with van der Waals surface area (Å²) in [6.45, 7) is 3.00. The number of halogens is 1. The first-order valence-corrected chi connectivity index (χ1v) is 11.7. The predicted molar refractivity (Wildman–Crippen MR) is 114 cm³/mol. The van der Waals surface area contributed by atoms with Gasteiger partial charge in [-0.15, -0.1) is 21.5 Å². The molecule has 1 fully saturated rings. The van der Waals surface area contributed by atoms with Crippen molar-refractivity contribution in [2.75, 3.05) is 37.0 Å². The van der Waals surface area contributed by atoms with Crippen LogP contribution in [0.3, 0.4) is 0 Å². The van der Waals surface area contributed by atoms with Gasteiger partial charge in [-0.1, -0.05) is 41.3 Å². The van der Waals surface area contributed by atoms with Gasteiger partial charge in [0.1, 0.15) is 5.82 Å². The second kappa shape index (κ2) is 9.66. The third kappa shape index (κ3) is 5.33. The summed E-state index contributed by atoms with van der Waals surface area (Å²) in [4.78, 5) is 15.7. The Morgan fingerprint density at radius 3 is 2.76 bits per heavy atom. The van der Waals surface area contributed by atoms with Crippen LogP contribution in [0.25, 0.3) is 0 Å². The molecule has 1 aliphatic rings. The highest BCUT2D eigenvalue weighted by Crippen LogP contribution is 2.29. The van der Waals surface area contributed by atoms with Gasteiger partial charge in [0.05, 0.1) is 25.0 Å². The van der Waals surface area contributed by atoms with E-state index in [4.69, 9.17) is 4.74 Å². The Bertz CT molecular complexity index is 927. The molecule has 1 saturated heterocycles. The summed E-state index contributed by atoms with van der Waals surface area (Å²) >= 11 is 4.41. The lowest BCUT2D eigenvalue weighted by Crippen LogP contribution is -2.36. The number of carbonyl (C=O) groups excluding carboxylic acids is 1. The Morgan fingerprint density at radius 2 is 2.03 bits per heavy atom. The number of aromatic nitrogens is 2. The summed E-state index contributed by atoms with van der Waals surface area (Å²) in [6, 6.07) is 9.81. The monoisotopic (exact) mass is 450 g/mol. The van der Waals surface area contributed by atoms with E-state index >= 15 is 0 Å². The molecule has 4 rings (SSSR count). The van der Waals surface area contributed by atoms with Crippen molar-refractivity contribution in [1.82, 2.24) is 15.5 Å². The standard InChI is InChI=1S/C19H19FN4O2S3/c20-14-5-3-13(4-6-14)17(15-2-1-11-27-15)21-16(25)12-28-19-23-22-18(29-19)24-7-9-26-10-8-24/h1-6,11,17H,7-10,12H2,(H,21,25). The van der Waals surface area contributed by atoms with Crippen LogP contribution in [0.5, 0.6) is 0 Å². The summed E-state index contributed by atoms with van der Waals surface area (Å²) in [7, 11) is 0. The third-order valence-corrected chi connectivity index (χ3v) is 7.40. The van der Waals surface area contributed by atoms with Crippen molar-refractivity contribution < 1.29 is 13.9 Å². The number of benzene rings is 1. The topological polar surface area (TPSA) is 67.4 Å². The van der Waals surface area contributed by atoms with Crippen LogP contribution in [0.15, 0.2) is 46.1 Å². The van der Waals surface area contributed by atoms with Crippen LogP contribution >= 0.6 is 34.4 Å². The molecule has 0 aliphatic carbocycles. The van der Waals surface area contributed by atoms with E-state index < -0.39 is 0 Å². The minimum atomic E-state index is -0.304. The number of morpholine rings is 1. The van der Waals surface area contributed by atoms with Gasteiger partial charge < -0.3 is 15.0 Å². The molecule has 0 bridgehead atoms. The Hall–Kier alpha value is -2.01. The Kier molecular flexibility index (Phi) is 6.75. The molecule has 1 unspecified atom stereocenters. The summed E-state index contributed by atoms with van der Waals surface area (Å²) in [5.41, 5.74) is 0.845. The molecule has 1 amide bonds. The number of amides is 1. The Morgan fingerprint density at radius 1 is 1.24 bits per heavy atom. The van der Waals surface area contributed by atoms with Crippen LogP contribution < -0.4 is 10.2 Å². The van der Waals surface area contributed by atoms with Crippen molar-refractivity contribution in [2.45, 2.75) is 10.4 Å². The molecule has 3 aromatic rings. The molecule has 2 aromatic heterocycles. The number of rotatable bonds is 7. The second-order valence-corrected chi connectivity index (χ2v) is 9.46.